The smallest absolute Gasteiger partial charge is 0.388 e. The lowest BCUT2D eigenvalue weighted by atomic mass is 10.1. The van der Waals surface area contributed by atoms with E-state index in [2.05, 4.69) is 4.98 Å². The molecule has 1 unspecified atom stereocenters. The largest absolute Gasteiger partial charge is 0.389 e. The molecule has 2 nitrogen and oxygen atoms in total. The molecule has 0 spiro atoms. The van der Waals surface area contributed by atoms with Gasteiger partial charge in [-0.3, -0.25) is 4.98 Å². The molecule has 92 valence electrons. The molecule has 0 bridgehead atoms. The van der Waals surface area contributed by atoms with Crippen molar-refractivity contribution >= 4 is 21.6 Å². The highest BCUT2D eigenvalue weighted by Gasteiger charge is 2.28. The van der Waals surface area contributed by atoms with E-state index in [4.69, 9.17) is 0 Å². The monoisotopic (exact) mass is 261 g/mol. The second-order valence-electron chi connectivity index (χ2n) is 3.74. The van der Waals surface area contributed by atoms with Crippen LogP contribution in [0.1, 0.15) is 24.5 Å². The Kier molecular flexibility index (Phi) is 3.35. The van der Waals surface area contributed by atoms with Crippen molar-refractivity contribution in [2.45, 2.75) is 25.1 Å². The standard InChI is InChI=1S/C11H10F3NOS/c12-11(13,14)3-1-9(16)7-5-10-8(15-6-7)2-4-17-10/h2,4-6,9,16H,1,3H2. The van der Waals surface area contributed by atoms with E-state index in [9.17, 15) is 18.3 Å². The van der Waals surface area contributed by atoms with Gasteiger partial charge in [-0.1, -0.05) is 0 Å². The number of fused-ring (bicyclic) bond motifs is 1. The van der Waals surface area contributed by atoms with Crippen molar-refractivity contribution < 1.29 is 18.3 Å². The number of nitrogens with zero attached hydrogens (tertiary/aromatic N) is 1. The van der Waals surface area contributed by atoms with E-state index < -0.39 is 18.7 Å². The molecule has 17 heavy (non-hydrogen) atoms. The Morgan fingerprint density at radius 2 is 2.18 bits per heavy atom. The van der Waals surface area contributed by atoms with Crippen LogP contribution in [-0.4, -0.2) is 16.3 Å². The van der Waals surface area contributed by atoms with Crippen LogP contribution in [0.5, 0.6) is 0 Å². The summed E-state index contributed by atoms with van der Waals surface area (Å²) in [6.45, 7) is 0. The number of alkyl halides is 3. The first-order valence-corrected chi connectivity index (χ1v) is 5.91. The number of halogens is 3. The third kappa shape index (κ3) is 3.17. The van der Waals surface area contributed by atoms with Gasteiger partial charge in [-0.2, -0.15) is 13.2 Å². The maximum Gasteiger partial charge on any atom is 0.389 e. The number of pyridine rings is 1. The van der Waals surface area contributed by atoms with Gasteiger partial charge in [0.2, 0.25) is 0 Å². The number of aliphatic hydroxyl groups excluding tert-OH is 1. The average molecular weight is 261 g/mol. The fraction of sp³-hybridized carbons (Fsp3) is 0.364. The van der Waals surface area contributed by atoms with Gasteiger partial charge in [0.25, 0.3) is 0 Å². The second kappa shape index (κ2) is 4.62. The Balaban J connectivity index is 2.10. The van der Waals surface area contributed by atoms with Crippen LogP contribution >= 0.6 is 11.3 Å². The summed E-state index contributed by atoms with van der Waals surface area (Å²) in [5.74, 6) is 0. The molecule has 0 aromatic carbocycles. The van der Waals surface area contributed by atoms with Crippen molar-refractivity contribution in [2.24, 2.45) is 0 Å². The first kappa shape index (κ1) is 12.3. The number of rotatable bonds is 3. The van der Waals surface area contributed by atoms with Gasteiger partial charge in [0.05, 0.1) is 16.3 Å². The zero-order chi connectivity index (χ0) is 12.5. The summed E-state index contributed by atoms with van der Waals surface area (Å²) in [6, 6.07) is 3.51. The van der Waals surface area contributed by atoms with Crippen LogP contribution in [0.2, 0.25) is 0 Å². The van der Waals surface area contributed by atoms with Crippen LogP contribution in [0.4, 0.5) is 13.2 Å². The Morgan fingerprint density at radius 3 is 2.88 bits per heavy atom. The molecular formula is C11H10F3NOS. The van der Waals surface area contributed by atoms with Crippen molar-refractivity contribution in [3.8, 4) is 0 Å². The lowest BCUT2D eigenvalue weighted by Gasteiger charge is -2.12. The van der Waals surface area contributed by atoms with Crippen LogP contribution in [0.25, 0.3) is 10.2 Å². The number of aromatic nitrogens is 1. The summed E-state index contributed by atoms with van der Waals surface area (Å²) in [5, 5.41) is 11.5. The topological polar surface area (TPSA) is 33.1 Å². The highest BCUT2D eigenvalue weighted by Crippen LogP contribution is 2.29. The van der Waals surface area contributed by atoms with E-state index >= 15 is 0 Å². The van der Waals surface area contributed by atoms with Crippen molar-refractivity contribution in [3.63, 3.8) is 0 Å². The first-order chi connectivity index (χ1) is 7.96. The van der Waals surface area contributed by atoms with Gasteiger partial charge in [0.15, 0.2) is 0 Å². The van der Waals surface area contributed by atoms with E-state index in [-0.39, 0.29) is 6.42 Å². The second-order valence-corrected chi connectivity index (χ2v) is 4.69. The van der Waals surface area contributed by atoms with E-state index in [0.29, 0.717) is 5.56 Å². The van der Waals surface area contributed by atoms with Crippen molar-refractivity contribution in [2.75, 3.05) is 0 Å². The lowest BCUT2D eigenvalue weighted by molar-refractivity contribution is -0.140. The van der Waals surface area contributed by atoms with Crippen molar-refractivity contribution in [1.29, 1.82) is 0 Å². The Labute approximate surface area is 99.7 Å². The molecular weight excluding hydrogens is 251 g/mol. The summed E-state index contributed by atoms with van der Waals surface area (Å²) in [6.07, 6.45) is -5.24. The molecule has 0 aliphatic heterocycles. The van der Waals surface area contributed by atoms with Crippen molar-refractivity contribution in [1.82, 2.24) is 4.98 Å². The van der Waals surface area contributed by atoms with Gasteiger partial charge in [-0.15, -0.1) is 11.3 Å². The fourth-order valence-corrected chi connectivity index (χ4v) is 2.30. The van der Waals surface area contributed by atoms with E-state index in [1.165, 1.54) is 17.5 Å². The summed E-state index contributed by atoms with van der Waals surface area (Å²) >= 11 is 1.45. The minimum atomic E-state index is -4.23. The highest BCUT2D eigenvalue weighted by molar-refractivity contribution is 7.17. The number of thiophene rings is 1. The first-order valence-electron chi connectivity index (χ1n) is 5.04. The van der Waals surface area contributed by atoms with Gasteiger partial charge in [0, 0.05) is 18.2 Å². The molecule has 0 amide bonds. The molecule has 2 rings (SSSR count). The molecule has 1 atom stereocenters. The minimum absolute atomic E-state index is 0.331. The van der Waals surface area contributed by atoms with Crippen LogP contribution in [0.15, 0.2) is 23.7 Å². The maximum atomic E-state index is 12.0. The van der Waals surface area contributed by atoms with Crippen molar-refractivity contribution in [3.05, 3.63) is 29.3 Å². The Bertz CT molecular complexity index is 509. The molecule has 2 heterocycles. The number of hydrogen-bond acceptors (Lipinski definition) is 3. The molecule has 1 N–H and O–H groups in total. The van der Waals surface area contributed by atoms with Crippen LogP contribution in [0, 0.1) is 0 Å². The van der Waals surface area contributed by atoms with E-state index in [1.807, 2.05) is 11.4 Å². The molecule has 0 fully saturated rings. The molecule has 2 aromatic heterocycles. The SMILES string of the molecule is OC(CCC(F)(F)F)c1cnc2ccsc2c1. The zero-order valence-corrected chi connectivity index (χ0v) is 9.55. The predicted molar refractivity (Wildman–Crippen MR) is 59.9 cm³/mol. The molecule has 0 aliphatic rings. The Hall–Kier alpha value is -1.14. The van der Waals surface area contributed by atoms with Gasteiger partial charge >= 0.3 is 6.18 Å². The quantitative estimate of drug-likeness (QED) is 0.914. The van der Waals surface area contributed by atoms with Crippen LogP contribution < -0.4 is 0 Å². The molecule has 0 radical (unpaired) electrons. The van der Waals surface area contributed by atoms with Gasteiger partial charge in [-0.25, -0.2) is 0 Å². The lowest BCUT2D eigenvalue weighted by Crippen LogP contribution is -2.10. The Morgan fingerprint density at radius 1 is 1.41 bits per heavy atom. The maximum absolute atomic E-state index is 12.0. The zero-order valence-electron chi connectivity index (χ0n) is 8.74. The average Bonchev–Trinajstić information content (AvgIpc) is 2.71. The van der Waals surface area contributed by atoms with Crippen LogP contribution in [0.3, 0.4) is 0 Å². The molecule has 0 saturated heterocycles. The van der Waals surface area contributed by atoms with E-state index in [0.717, 1.165) is 10.2 Å². The molecule has 0 aliphatic carbocycles. The normalized spacial score (nSPS) is 14.1. The predicted octanol–water partition coefficient (Wildman–Crippen LogP) is 3.67. The van der Waals surface area contributed by atoms with E-state index in [1.54, 1.807) is 6.07 Å². The van der Waals surface area contributed by atoms with Crippen LogP contribution in [-0.2, 0) is 0 Å². The highest BCUT2D eigenvalue weighted by atomic mass is 32.1. The molecule has 6 heteroatoms. The third-order valence-corrected chi connectivity index (χ3v) is 3.26. The van der Waals surface area contributed by atoms with Gasteiger partial charge in [-0.05, 0) is 23.9 Å². The third-order valence-electron chi connectivity index (χ3n) is 2.41. The number of hydrogen-bond donors (Lipinski definition) is 1. The minimum Gasteiger partial charge on any atom is -0.388 e. The molecule has 0 saturated carbocycles. The summed E-state index contributed by atoms with van der Waals surface area (Å²) in [4.78, 5) is 4.08. The summed E-state index contributed by atoms with van der Waals surface area (Å²) in [7, 11) is 0. The number of aliphatic hydroxyl groups is 1. The molecule has 2 aromatic rings. The van der Waals surface area contributed by atoms with Gasteiger partial charge in [0.1, 0.15) is 0 Å². The van der Waals surface area contributed by atoms with Gasteiger partial charge < -0.3 is 5.11 Å². The fourth-order valence-electron chi connectivity index (χ4n) is 1.51. The summed E-state index contributed by atoms with van der Waals surface area (Å²) < 4.78 is 36.9. The summed E-state index contributed by atoms with van der Waals surface area (Å²) in [5.41, 5.74) is 1.23.